The van der Waals surface area contributed by atoms with E-state index in [2.05, 4.69) is 20.9 Å². The van der Waals surface area contributed by atoms with Crippen LogP contribution in [0.5, 0.6) is 0 Å². The van der Waals surface area contributed by atoms with Gasteiger partial charge in [-0.15, -0.1) is 11.3 Å². The fourth-order valence-electron chi connectivity index (χ4n) is 1.57. The monoisotopic (exact) mass is 318 g/mol. The summed E-state index contributed by atoms with van der Waals surface area (Å²) in [5, 5.41) is 0. The Balaban J connectivity index is 2.27. The highest BCUT2D eigenvalue weighted by atomic mass is 79.9. The Morgan fingerprint density at radius 3 is 2.53 bits per heavy atom. The van der Waals surface area contributed by atoms with Gasteiger partial charge in [-0.05, 0) is 12.1 Å². The van der Waals surface area contributed by atoms with Gasteiger partial charge in [-0.1, -0.05) is 15.9 Å². The fraction of sp³-hybridized carbons (Fsp3) is 0.182. The molecule has 2 N–H and O–H groups in total. The normalized spacial score (nSPS) is 12.7. The second-order valence-electron chi connectivity index (χ2n) is 3.56. The number of halogens is 3. The smallest absolute Gasteiger partial charge is 0.132 e. The molecule has 0 spiro atoms. The lowest BCUT2D eigenvalue weighted by molar-refractivity contribution is 0.524. The summed E-state index contributed by atoms with van der Waals surface area (Å²) in [6.07, 6.45) is 2.03. The van der Waals surface area contributed by atoms with Crippen molar-refractivity contribution in [3.63, 3.8) is 0 Å². The second-order valence-corrected chi connectivity index (χ2v) is 5.45. The van der Waals surface area contributed by atoms with Crippen LogP contribution in [0.4, 0.5) is 8.78 Å². The predicted molar refractivity (Wildman–Crippen MR) is 66.8 cm³/mol. The molecule has 0 amide bonds. The third-order valence-electron chi connectivity index (χ3n) is 2.32. The van der Waals surface area contributed by atoms with Crippen molar-refractivity contribution in [1.82, 2.24) is 4.98 Å². The molecule has 0 aliphatic carbocycles. The molecule has 6 heteroatoms. The molecule has 0 radical (unpaired) electrons. The van der Waals surface area contributed by atoms with Gasteiger partial charge in [0.1, 0.15) is 11.6 Å². The molecule has 0 saturated carbocycles. The molecule has 1 unspecified atom stereocenters. The van der Waals surface area contributed by atoms with Gasteiger partial charge in [0.2, 0.25) is 0 Å². The van der Waals surface area contributed by atoms with Gasteiger partial charge in [0.15, 0.2) is 0 Å². The first kappa shape index (κ1) is 12.6. The van der Waals surface area contributed by atoms with Gasteiger partial charge in [0, 0.05) is 33.6 Å². The first-order valence-electron chi connectivity index (χ1n) is 4.85. The SMILES string of the molecule is NC(Cc1cncs1)c1c(F)cc(Br)cc1F. The topological polar surface area (TPSA) is 38.9 Å². The molecule has 2 aromatic rings. The average Bonchev–Trinajstić information content (AvgIpc) is 2.68. The minimum atomic E-state index is -0.705. The first-order chi connectivity index (χ1) is 8.08. The van der Waals surface area contributed by atoms with Gasteiger partial charge in [-0.3, -0.25) is 4.98 Å². The number of hydrogen-bond donors (Lipinski definition) is 1. The van der Waals surface area contributed by atoms with E-state index < -0.39 is 17.7 Å². The van der Waals surface area contributed by atoms with Crippen LogP contribution < -0.4 is 5.73 Å². The molecule has 1 atom stereocenters. The Bertz CT molecular complexity index is 493. The van der Waals surface area contributed by atoms with Crippen molar-refractivity contribution < 1.29 is 8.78 Å². The second kappa shape index (κ2) is 5.20. The molecule has 0 bridgehead atoms. The van der Waals surface area contributed by atoms with E-state index in [9.17, 15) is 8.78 Å². The summed E-state index contributed by atoms with van der Waals surface area (Å²) in [5.74, 6) is -1.26. The maximum Gasteiger partial charge on any atom is 0.132 e. The molecule has 0 saturated heterocycles. The van der Waals surface area contributed by atoms with Gasteiger partial charge in [0.05, 0.1) is 5.51 Å². The standard InChI is InChI=1S/C11H9BrF2N2S/c12-6-1-8(13)11(9(14)2-6)10(15)3-7-4-16-5-17-7/h1-2,4-5,10H,3,15H2. The Labute approximate surface area is 110 Å². The zero-order valence-corrected chi connectivity index (χ0v) is 11.1. The molecular weight excluding hydrogens is 310 g/mol. The third kappa shape index (κ3) is 2.88. The third-order valence-corrected chi connectivity index (χ3v) is 3.58. The van der Waals surface area contributed by atoms with Crippen LogP contribution >= 0.6 is 27.3 Å². The van der Waals surface area contributed by atoms with Crippen LogP contribution in [0.3, 0.4) is 0 Å². The van der Waals surface area contributed by atoms with Gasteiger partial charge >= 0.3 is 0 Å². The van der Waals surface area contributed by atoms with Gasteiger partial charge in [-0.2, -0.15) is 0 Å². The van der Waals surface area contributed by atoms with E-state index >= 15 is 0 Å². The quantitative estimate of drug-likeness (QED) is 0.941. The van der Waals surface area contributed by atoms with Gasteiger partial charge in [0.25, 0.3) is 0 Å². The number of nitrogens with zero attached hydrogens (tertiary/aromatic N) is 1. The number of thiazole rings is 1. The molecule has 0 aliphatic heterocycles. The van der Waals surface area contributed by atoms with E-state index in [1.807, 2.05) is 0 Å². The summed E-state index contributed by atoms with van der Waals surface area (Å²) in [6, 6.07) is 1.72. The maximum atomic E-state index is 13.6. The molecule has 0 aliphatic rings. The number of rotatable bonds is 3. The van der Waals surface area contributed by atoms with E-state index in [1.165, 1.54) is 23.5 Å². The molecule has 2 nitrogen and oxygen atoms in total. The van der Waals surface area contributed by atoms with Crippen molar-refractivity contribution in [1.29, 1.82) is 0 Å². The van der Waals surface area contributed by atoms with Crippen LogP contribution in [0.1, 0.15) is 16.5 Å². The minimum Gasteiger partial charge on any atom is -0.323 e. The first-order valence-corrected chi connectivity index (χ1v) is 6.52. The van der Waals surface area contributed by atoms with Crippen molar-refractivity contribution in [2.75, 3.05) is 0 Å². The van der Waals surface area contributed by atoms with E-state index in [0.717, 1.165) is 4.88 Å². The zero-order valence-electron chi connectivity index (χ0n) is 8.66. The summed E-state index contributed by atoms with van der Waals surface area (Å²) >= 11 is 4.44. The van der Waals surface area contributed by atoms with E-state index in [4.69, 9.17) is 5.73 Å². The lowest BCUT2D eigenvalue weighted by Crippen LogP contribution is -2.16. The number of nitrogens with two attached hydrogens (primary N) is 1. The number of benzene rings is 1. The number of hydrogen-bond acceptors (Lipinski definition) is 3. The van der Waals surface area contributed by atoms with E-state index in [-0.39, 0.29) is 5.56 Å². The van der Waals surface area contributed by atoms with Crippen LogP contribution in [-0.4, -0.2) is 4.98 Å². The maximum absolute atomic E-state index is 13.6. The fourth-order valence-corrected chi connectivity index (χ4v) is 2.63. The molecular formula is C11H9BrF2N2S. The average molecular weight is 319 g/mol. The summed E-state index contributed by atoms with van der Waals surface area (Å²) < 4.78 is 27.6. The molecule has 90 valence electrons. The largest absolute Gasteiger partial charge is 0.323 e. The van der Waals surface area contributed by atoms with Crippen molar-refractivity contribution in [3.8, 4) is 0 Å². The number of aromatic nitrogens is 1. The Morgan fingerprint density at radius 1 is 1.35 bits per heavy atom. The lowest BCUT2D eigenvalue weighted by atomic mass is 10.0. The van der Waals surface area contributed by atoms with Crippen molar-refractivity contribution in [2.24, 2.45) is 5.73 Å². The lowest BCUT2D eigenvalue weighted by Gasteiger charge is -2.13. The van der Waals surface area contributed by atoms with Crippen LogP contribution in [0.2, 0.25) is 0 Å². The van der Waals surface area contributed by atoms with E-state index in [0.29, 0.717) is 10.9 Å². The molecule has 1 aromatic carbocycles. The zero-order chi connectivity index (χ0) is 12.4. The molecule has 1 heterocycles. The molecule has 1 aromatic heterocycles. The highest BCUT2D eigenvalue weighted by Gasteiger charge is 2.18. The predicted octanol–water partition coefficient (Wildman–Crippen LogP) is 3.43. The highest BCUT2D eigenvalue weighted by molar-refractivity contribution is 9.10. The van der Waals surface area contributed by atoms with Crippen molar-refractivity contribution in [3.05, 3.63) is 50.4 Å². The van der Waals surface area contributed by atoms with Gasteiger partial charge < -0.3 is 5.73 Å². The van der Waals surface area contributed by atoms with Crippen molar-refractivity contribution >= 4 is 27.3 Å². The van der Waals surface area contributed by atoms with E-state index in [1.54, 1.807) is 11.7 Å². The molecule has 2 rings (SSSR count). The van der Waals surface area contributed by atoms with Crippen LogP contribution in [0.15, 0.2) is 28.3 Å². The highest BCUT2D eigenvalue weighted by Crippen LogP contribution is 2.26. The summed E-state index contributed by atoms with van der Waals surface area (Å²) in [4.78, 5) is 4.80. The molecule has 0 fully saturated rings. The minimum absolute atomic E-state index is 0.0819. The summed E-state index contributed by atoms with van der Waals surface area (Å²) in [6.45, 7) is 0. The summed E-state index contributed by atoms with van der Waals surface area (Å²) in [5.41, 5.74) is 7.40. The Kier molecular flexibility index (Phi) is 3.86. The van der Waals surface area contributed by atoms with Crippen LogP contribution in [-0.2, 0) is 6.42 Å². The van der Waals surface area contributed by atoms with Crippen LogP contribution in [0.25, 0.3) is 0 Å². The van der Waals surface area contributed by atoms with Crippen molar-refractivity contribution in [2.45, 2.75) is 12.5 Å². The molecule has 17 heavy (non-hydrogen) atoms. The Morgan fingerprint density at radius 2 is 2.00 bits per heavy atom. The Hall–Kier alpha value is -0.850. The van der Waals surface area contributed by atoms with Gasteiger partial charge in [-0.25, -0.2) is 8.78 Å². The summed E-state index contributed by atoms with van der Waals surface area (Å²) in [7, 11) is 0. The van der Waals surface area contributed by atoms with Crippen LogP contribution in [0, 0.1) is 11.6 Å².